The fourth-order valence-corrected chi connectivity index (χ4v) is 2.01. The molecule has 20 heavy (non-hydrogen) atoms. The van der Waals surface area contributed by atoms with Gasteiger partial charge in [-0.05, 0) is 25.5 Å². The first-order chi connectivity index (χ1) is 9.36. The number of carbonyl (C=O) groups is 2. The monoisotopic (exact) mass is 279 g/mol. The third-order valence-electron chi connectivity index (χ3n) is 3.11. The molecule has 110 valence electrons. The van der Waals surface area contributed by atoms with Crippen molar-refractivity contribution in [2.45, 2.75) is 32.9 Å². The first-order valence-electron chi connectivity index (χ1n) is 6.50. The number of nitrogens with zero attached hydrogens (tertiary/aromatic N) is 3. The second-order valence-electron chi connectivity index (χ2n) is 4.78. The third kappa shape index (κ3) is 3.94. The molecule has 1 aromatic rings. The smallest absolute Gasteiger partial charge is 0.326 e. The van der Waals surface area contributed by atoms with Crippen LogP contribution in [0.1, 0.15) is 24.7 Å². The highest BCUT2D eigenvalue weighted by Gasteiger charge is 2.26. The van der Waals surface area contributed by atoms with E-state index in [1.54, 1.807) is 14.0 Å². The highest BCUT2D eigenvalue weighted by molar-refractivity contribution is 5.82. The van der Waals surface area contributed by atoms with Crippen molar-refractivity contribution in [3.63, 3.8) is 0 Å². The van der Waals surface area contributed by atoms with Crippen LogP contribution in [-0.4, -0.2) is 52.0 Å². The Morgan fingerprint density at radius 1 is 1.35 bits per heavy atom. The molecule has 0 fully saturated rings. The molecule has 0 aliphatic heterocycles. The molecule has 0 saturated carbocycles. The Morgan fingerprint density at radius 3 is 2.50 bits per heavy atom. The Hall–Kier alpha value is -2.11. The topological polar surface area (TPSA) is 73.7 Å². The van der Waals surface area contributed by atoms with Crippen molar-refractivity contribution in [3.8, 4) is 0 Å². The molecule has 0 aliphatic carbocycles. The average Bonchev–Trinajstić information content (AvgIpc) is 2.38. The van der Waals surface area contributed by atoms with Gasteiger partial charge in [-0.15, -0.1) is 0 Å². The first kappa shape index (κ1) is 15.9. The van der Waals surface area contributed by atoms with Gasteiger partial charge in [0.2, 0.25) is 0 Å². The van der Waals surface area contributed by atoms with Crippen molar-refractivity contribution in [1.82, 2.24) is 14.8 Å². The maximum absolute atomic E-state index is 12.2. The fourth-order valence-electron chi connectivity index (χ4n) is 2.01. The van der Waals surface area contributed by atoms with E-state index in [9.17, 15) is 9.59 Å². The van der Waals surface area contributed by atoms with Gasteiger partial charge in [0.1, 0.15) is 6.04 Å². The van der Waals surface area contributed by atoms with E-state index in [-0.39, 0.29) is 6.03 Å². The molecule has 1 unspecified atom stereocenters. The number of aryl methyl sites for hydroxylation is 1. The molecule has 0 saturated heterocycles. The zero-order valence-corrected chi connectivity index (χ0v) is 12.3. The van der Waals surface area contributed by atoms with Gasteiger partial charge in [-0.2, -0.15) is 0 Å². The normalized spacial score (nSPS) is 11.8. The number of likely N-dealkylation sites (N-methyl/N-ethyl adjacent to an activating group) is 1. The van der Waals surface area contributed by atoms with E-state index in [2.05, 4.69) is 4.98 Å². The van der Waals surface area contributed by atoms with Crippen LogP contribution >= 0.6 is 0 Å². The molecular weight excluding hydrogens is 258 g/mol. The molecule has 1 heterocycles. The lowest BCUT2D eigenvalue weighted by Crippen LogP contribution is -2.47. The third-order valence-corrected chi connectivity index (χ3v) is 3.11. The molecule has 1 rings (SSSR count). The number of hydrogen-bond acceptors (Lipinski definition) is 3. The standard InChI is InChI=1S/C14H21N3O3/c1-5-12(13(18)19)17(4)14(20)16(3)9-11-8-6-7-10(2)15-11/h6-8,12H,5,9H2,1-4H3,(H,18,19). The van der Waals surface area contributed by atoms with Crippen LogP contribution in [0.3, 0.4) is 0 Å². The summed E-state index contributed by atoms with van der Waals surface area (Å²) in [6, 6.07) is 4.46. The maximum atomic E-state index is 12.2. The molecule has 6 heteroatoms. The summed E-state index contributed by atoms with van der Waals surface area (Å²) in [5.74, 6) is -0.995. The number of amides is 2. The number of carboxylic acids is 1. The van der Waals surface area contributed by atoms with E-state index in [4.69, 9.17) is 5.11 Å². The van der Waals surface area contributed by atoms with Gasteiger partial charge in [0.05, 0.1) is 12.2 Å². The predicted octanol–water partition coefficient (Wildman–Crippen LogP) is 1.74. The van der Waals surface area contributed by atoms with Gasteiger partial charge in [-0.1, -0.05) is 13.0 Å². The Balaban J connectivity index is 2.73. The quantitative estimate of drug-likeness (QED) is 0.891. The summed E-state index contributed by atoms with van der Waals surface area (Å²) < 4.78 is 0. The average molecular weight is 279 g/mol. The van der Waals surface area contributed by atoms with Gasteiger partial charge in [0, 0.05) is 19.8 Å². The lowest BCUT2D eigenvalue weighted by molar-refractivity contribution is -0.142. The summed E-state index contributed by atoms with van der Waals surface area (Å²) in [6.45, 7) is 3.97. The largest absolute Gasteiger partial charge is 0.480 e. The minimum absolute atomic E-state index is 0.331. The summed E-state index contributed by atoms with van der Waals surface area (Å²) >= 11 is 0. The first-order valence-corrected chi connectivity index (χ1v) is 6.50. The molecule has 0 aromatic carbocycles. The Morgan fingerprint density at radius 2 is 2.00 bits per heavy atom. The summed E-state index contributed by atoms with van der Waals surface area (Å²) in [5.41, 5.74) is 1.66. The lowest BCUT2D eigenvalue weighted by atomic mass is 10.2. The SMILES string of the molecule is CCC(C(=O)O)N(C)C(=O)N(C)Cc1cccc(C)n1. The van der Waals surface area contributed by atoms with Crippen molar-refractivity contribution < 1.29 is 14.7 Å². The molecule has 1 aromatic heterocycles. The summed E-state index contributed by atoms with van der Waals surface area (Å²) in [4.78, 5) is 30.3. The zero-order valence-electron chi connectivity index (χ0n) is 12.3. The second kappa shape index (κ2) is 6.88. The van der Waals surface area contributed by atoms with Crippen molar-refractivity contribution in [1.29, 1.82) is 0 Å². The van der Waals surface area contributed by atoms with E-state index in [1.165, 1.54) is 16.8 Å². The number of rotatable bonds is 5. The summed E-state index contributed by atoms with van der Waals surface area (Å²) in [5, 5.41) is 9.08. The van der Waals surface area contributed by atoms with E-state index in [0.717, 1.165) is 11.4 Å². The number of pyridine rings is 1. The minimum Gasteiger partial charge on any atom is -0.480 e. The van der Waals surface area contributed by atoms with E-state index >= 15 is 0 Å². The summed E-state index contributed by atoms with van der Waals surface area (Å²) in [6.07, 6.45) is 0.369. The Bertz CT molecular complexity index is 490. The van der Waals surface area contributed by atoms with Gasteiger partial charge in [-0.25, -0.2) is 9.59 Å². The molecule has 0 spiro atoms. The molecule has 0 aliphatic rings. The highest BCUT2D eigenvalue weighted by Crippen LogP contribution is 2.08. The van der Waals surface area contributed by atoms with Crippen molar-refractivity contribution in [2.75, 3.05) is 14.1 Å². The second-order valence-corrected chi connectivity index (χ2v) is 4.78. The molecule has 1 N–H and O–H groups in total. The van der Waals surface area contributed by atoms with Crippen LogP contribution in [0, 0.1) is 6.92 Å². The van der Waals surface area contributed by atoms with Gasteiger partial charge < -0.3 is 14.9 Å². The zero-order chi connectivity index (χ0) is 15.3. The fraction of sp³-hybridized carbons (Fsp3) is 0.500. The van der Waals surface area contributed by atoms with E-state index in [1.807, 2.05) is 25.1 Å². The van der Waals surface area contributed by atoms with Crippen molar-refractivity contribution >= 4 is 12.0 Å². The van der Waals surface area contributed by atoms with Gasteiger partial charge >= 0.3 is 12.0 Å². The number of aromatic nitrogens is 1. The predicted molar refractivity (Wildman–Crippen MR) is 75.3 cm³/mol. The lowest BCUT2D eigenvalue weighted by Gasteiger charge is -2.28. The van der Waals surface area contributed by atoms with Gasteiger partial charge in [0.15, 0.2) is 0 Å². The molecule has 1 atom stereocenters. The van der Waals surface area contributed by atoms with Crippen LogP contribution in [-0.2, 0) is 11.3 Å². The molecular formula is C14H21N3O3. The van der Waals surface area contributed by atoms with Crippen LogP contribution in [0.15, 0.2) is 18.2 Å². The molecule has 0 radical (unpaired) electrons. The molecule has 0 bridgehead atoms. The Labute approximate surface area is 119 Å². The number of carboxylic acid groups (broad SMARTS) is 1. The van der Waals surface area contributed by atoms with Crippen LogP contribution in [0.2, 0.25) is 0 Å². The van der Waals surface area contributed by atoms with Crippen LogP contribution in [0.4, 0.5) is 4.79 Å². The van der Waals surface area contributed by atoms with Crippen molar-refractivity contribution in [2.24, 2.45) is 0 Å². The Kier molecular flexibility index (Phi) is 5.49. The molecule has 2 amide bonds. The molecule has 6 nitrogen and oxygen atoms in total. The van der Waals surface area contributed by atoms with E-state index < -0.39 is 12.0 Å². The van der Waals surface area contributed by atoms with Crippen LogP contribution < -0.4 is 0 Å². The van der Waals surface area contributed by atoms with Gasteiger partial charge in [-0.3, -0.25) is 4.98 Å². The number of carbonyl (C=O) groups excluding carboxylic acids is 1. The van der Waals surface area contributed by atoms with Crippen molar-refractivity contribution in [3.05, 3.63) is 29.6 Å². The van der Waals surface area contributed by atoms with E-state index in [0.29, 0.717) is 13.0 Å². The number of urea groups is 1. The minimum atomic E-state index is -0.995. The van der Waals surface area contributed by atoms with Gasteiger partial charge in [0.25, 0.3) is 0 Å². The number of aliphatic carboxylic acids is 1. The number of hydrogen-bond donors (Lipinski definition) is 1. The maximum Gasteiger partial charge on any atom is 0.326 e. The van der Waals surface area contributed by atoms with Crippen LogP contribution in [0.5, 0.6) is 0 Å². The van der Waals surface area contributed by atoms with Crippen LogP contribution in [0.25, 0.3) is 0 Å². The summed E-state index contributed by atoms with van der Waals surface area (Å²) in [7, 11) is 3.14. The highest BCUT2D eigenvalue weighted by atomic mass is 16.4.